The van der Waals surface area contributed by atoms with Crippen LogP contribution in [0.5, 0.6) is 0 Å². The maximum Gasteiger partial charge on any atom is 0.527 e. The van der Waals surface area contributed by atoms with Crippen molar-refractivity contribution in [1.29, 1.82) is 0 Å². The molecule has 0 aliphatic heterocycles. The summed E-state index contributed by atoms with van der Waals surface area (Å²) in [7, 11) is 0. The Morgan fingerprint density at radius 3 is 0.705 bits per heavy atom. The molecule has 0 aromatic rings. The molecule has 0 amide bonds. The van der Waals surface area contributed by atoms with Crippen LogP contribution in [0.25, 0.3) is 0 Å². The van der Waals surface area contributed by atoms with E-state index in [-0.39, 0.29) is 0 Å². The Balaban J connectivity index is 7.42. The Morgan fingerprint density at radius 2 is 0.523 bits per heavy atom. The largest absolute Gasteiger partial charge is 0.527 e. The number of halogens is 27. The molecule has 264 valence electrons. The van der Waals surface area contributed by atoms with Gasteiger partial charge in [-0.1, -0.05) is 0 Å². The summed E-state index contributed by atoms with van der Waals surface area (Å²) in [6.07, 6.45) is -15.7. The molecule has 0 aromatic heterocycles. The molecule has 0 unspecified atom stereocenters. The highest BCUT2D eigenvalue weighted by molar-refractivity contribution is 5.77. The third kappa shape index (κ3) is 4.99. The highest BCUT2D eigenvalue weighted by atomic mass is 19.4. The first kappa shape index (κ1) is 41.5. The molecule has 0 spiro atoms. The molecule has 0 bridgehead atoms. The highest BCUT2D eigenvalue weighted by Crippen LogP contribution is 2.67. The van der Waals surface area contributed by atoms with E-state index >= 15 is 0 Å². The number of aliphatic carboxylic acids is 1. The van der Waals surface area contributed by atoms with Crippen LogP contribution in [0, 0.1) is 0 Å². The van der Waals surface area contributed by atoms with Crippen LogP contribution in [-0.4, -0.2) is 88.7 Å². The van der Waals surface area contributed by atoms with Gasteiger partial charge < -0.3 is 5.11 Å². The van der Waals surface area contributed by atoms with Crippen LogP contribution in [0.3, 0.4) is 0 Å². The van der Waals surface area contributed by atoms with Crippen molar-refractivity contribution in [2.24, 2.45) is 0 Å². The van der Waals surface area contributed by atoms with Crippen LogP contribution in [0.2, 0.25) is 0 Å². The molecular weight excluding hydrogens is 729 g/mol. The molecule has 0 aromatic carbocycles. The summed E-state index contributed by atoms with van der Waals surface area (Å²) in [6, 6.07) is 0. The molecule has 0 atom stereocenters. The first-order chi connectivity index (χ1) is 18.4. The monoisotopic (exact) mass is 730 g/mol. The molecule has 0 saturated heterocycles. The van der Waals surface area contributed by atoms with Crippen molar-refractivity contribution in [2.45, 2.75) is 77.6 Å². The van der Waals surface area contributed by atoms with Crippen molar-refractivity contribution in [3.8, 4) is 0 Å². The summed E-state index contributed by atoms with van der Waals surface area (Å²) in [6.45, 7) is 0. The van der Waals surface area contributed by atoms with E-state index in [0.717, 1.165) is 4.74 Å². The van der Waals surface area contributed by atoms with Crippen LogP contribution < -0.4 is 0 Å². The molecule has 3 nitrogen and oxygen atoms in total. The number of hydrogen-bond acceptors (Lipinski definition) is 2. The number of carboxylic acid groups (broad SMARTS) is 1. The Labute approximate surface area is 218 Å². The molecule has 0 heterocycles. The lowest BCUT2D eigenvalue weighted by Gasteiger charge is -2.45. The molecule has 1 N–H and O–H groups in total. The molecule has 44 heavy (non-hydrogen) atoms. The smallest absolute Gasteiger partial charge is 0.477 e. The van der Waals surface area contributed by atoms with Crippen molar-refractivity contribution in [1.82, 2.24) is 0 Å². The number of ether oxygens (including phenoxy) is 1. The average molecular weight is 730 g/mol. The van der Waals surface area contributed by atoms with Crippen molar-refractivity contribution in [3.05, 3.63) is 0 Å². The van der Waals surface area contributed by atoms with Gasteiger partial charge >= 0.3 is 83.6 Å². The Morgan fingerprint density at radius 1 is 0.341 bits per heavy atom. The van der Waals surface area contributed by atoms with Crippen molar-refractivity contribution in [3.63, 3.8) is 0 Å². The van der Waals surface area contributed by atoms with E-state index in [0.29, 0.717) is 0 Å². The maximum atomic E-state index is 13.6. The van der Waals surface area contributed by atoms with E-state index in [1.54, 1.807) is 0 Å². The second-order valence-corrected chi connectivity index (χ2v) is 7.69. The fraction of sp³-hybridized carbons (Fsp3) is 0.929. The predicted molar refractivity (Wildman–Crippen MR) is 74.1 cm³/mol. The SMILES string of the molecule is O=C(O)C(F)(F)C(F)(F)C(F)(F)C(F)(F)C(F)(F)C(F)(F)C(F)(F)C(F)(F)C(F)(F)C(F)(F)C(F)(F)C(F)(F)OC(F)(F)F. The summed E-state index contributed by atoms with van der Waals surface area (Å²) in [5.41, 5.74) is 0. The van der Waals surface area contributed by atoms with E-state index in [2.05, 4.69) is 0 Å². The van der Waals surface area contributed by atoms with Crippen LogP contribution in [0.4, 0.5) is 119 Å². The number of carbonyl (C=O) groups is 1. The lowest BCUT2D eigenvalue weighted by molar-refractivity contribution is -0.512. The summed E-state index contributed by atoms with van der Waals surface area (Å²) in [5.74, 6) is -107. The maximum absolute atomic E-state index is 13.6. The summed E-state index contributed by atoms with van der Waals surface area (Å²) in [4.78, 5) is 9.91. The van der Waals surface area contributed by atoms with Gasteiger partial charge in [0.15, 0.2) is 0 Å². The lowest BCUT2D eigenvalue weighted by Crippen LogP contribution is -2.78. The molecule has 0 aliphatic rings. The highest BCUT2D eigenvalue weighted by Gasteiger charge is 3.00. The van der Waals surface area contributed by atoms with Crippen molar-refractivity contribution < 1.29 is 133 Å². The fourth-order valence-electron chi connectivity index (χ4n) is 2.30. The van der Waals surface area contributed by atoms with Gasteiger partial charge in [0.25, 0.3) is 0 Å². The first-order valence-corrected chi connectivity index (χ1v) is 8.94. The van der Waals surface area contributed by atoms with E-state index in [1.807, 2.05) is 0 Å². The number of rotatable bonds is 13. The van der Waals surface area contributed by atoms with Crippen molar-refractivity contribution in [2.75, 3.05) is 0 Å². The summed E-state index contributed by atoms with van der Waals surface area (Å²) < 4.78 is 356. The third-order valence-corrected chi connectivity index (χ3v) is 4.82. The Bertz CT molecular complexity index is 1080. The summed E-state index contributed by atoms with van der Waals surface area (Å²) >= 11 is 0. The Kier molecular flexibility index (Phi) is 9.46. The van der Waals surface area contributed by atoms with E-state index in [9.17, 15) is 123 Å². The predicted octanol–water partition coefficient (Wildman–Crippen LogP) is 8.19. The van der Waals surface area contributed by atoms with Gasteiger partial charge in [0.1, 0.15) is 0 Å². The van der Waals surface area contributed by atoms with Gasteiger partial charge in [-0.25, -0.2) is 9.53 Å². The summed E-state index contributed by atoms with van der Waals surface area (Å²) in [5, 5.41) is 7.65. The zero-order valence-corrected chi connectivity index (χ0v) is 18.5. The molecule has 0 fully saturated rings. The van der Waals surface area contributed by atoms with Crippen LogP contribution in [0.15, 0.2) is 0 Å². The average Bonchev–Trinajstić information content (AvgIpc) is 2.75. The standard InChI is InChI=1S/C14HF27O3/c15-2(16,1(42)43)3(17,18)4(19,20)5(21,22)6(23,24)7(25,26)8(27,28)9(29,30)10(31,32)11(33,34)12(35,36)13(37,38)44-14(39,40)41/h(H,42,43). The van der Waals surface area contributed by atoms with Crippen LogP contribution in [0.1, 0.15) is 0 Å². The normalized spacial score (nSPS) is 16.8. The molecule has 0 aliphatic carbocycles. The molecule has 0 saturated carbocycles. The van der Waals surface area contributed by atoms with E-state index in [4.69, 9.17) is 5.11 Å². The van der Waals surface area contributed by atoms with Gasteiger partial charge in [-0.2, -0.15) is 105 Å². The second-order valence-electron chi connectivity index (χ2n) is 7.69. The van der Waals surface area contributed by atoms with E-state index in [1.165, 1.54) is 0 Å². The van der Waals surface area contributed by atoms with E-state index < -0.39 is 83.6 Å². The quantitative estimate of drug-likeness (QED) is 0.195. The number of carboxylic acids is 1. The first-order valence-electron chi connectivity index (χ1n) is 8.94. The minimum Gasteiger partial charge on any atom is -0.477 e. The van der Waals surface area contributed by atoms with Gasteiger partial charge in [-0.15, -0.1) is 13.2 Å². The van der Waals surface area contributed by atoms with Gasteiger partial charge in [0.05, 0.1) is 0 Å². The Hall–Kier alpha value is -2.46. The molecule has 0 radical (unpaired) electrons. The van der Waals surface area contributed by atoms with Gasteiger partial charge in [-0.3, -0.25) is 0 Å². The number of hydrogen-bond donors (Lipinski definition) is 1. The molecule has 30 heteroatoms. The van der Waals surface area contributed by atoms with Gasteiger partial charge in [0, 0.05) is 0 Å². The molecule has 0 rings (SSSR count). The third-order valence-electron chi connectivity index (χ3n) is 4.82. The van der Waals surface area contributed by atoms with Gasteiger partial charge in [-0.05, 0) is 0 Å². The van der Waals surface area contributed by atoms with Crippen LogP contribution in [-0.2, 0) is 9.53 Å². The zero-order valence-electron chi connectivity index (χ0n) is 18.5. The minimum absolute atomic E-state index is 0.896. The zero-order chi connectivity index (χ0) is 36.8. The van der Waals surface area contributed by atoms with Gasteiger partial charge in [0.2, 0.25) is 0 Å². The molecular formula is C14HF27O3. The number of alkyl halides is 27. The fourth-order valence-corrected chi connectivity index (χ4v) is 2.30. The topological polar surface area (TPSA) is 46.5 Å². The minimum atomic E-state index is -9.84. The van der Waals surface area contributed by atoms with Crippen molar-refractivity contribution >= 4 is 5.97 Å². The second kappa shape index (κ2) is 10.0. The van der Waals surface area contributed by atoms with Crippen LogP contribution >= 0.6 is 0 Å². The lowest BCUT2D eigenvalue weighted by atomic mass is 9.84.